The molecule has 0 atom stereocenters. The standard InChI is InChI=1S/C28H28N2O2/c1-28(2,3)32-27(31)24-15-14-21(13-12-20-8-5-4-6-9-20)18-26(24)30-25-11-7-10-22-19-29-17-16-23(22)25/h4-11,14-19,30H,12-13H2,1-3H3. The summed E-state index contributed by atoms with van der Waals surface area (Å²) in [5.41, 5.74) is 4.08. The first-order chi connectivity index (χ1) is 15.4. The van der Waals surface area contributed by atoms with E-state index >= 15 is 0 Å². The number of rotatable bonds is 6. The first-order valence-electron chi connectivity index (χ1n) is 10.9. The number of fused-ring (bicyclic) bond motifs is 1. The van der Waals surface area contributed by atoms with Crippen molar-refractivity contribution in [3.05, 3.63) is 102 Å². The number of ether oxygens (including phenoxy) is 1. The normalized spacial score (nSPS) is 11.3. The van der Waals surface area contributed by atoms with Crippen LogP contribution in [0.3, 0.4) is 0 Å². The van der Waals surface area contributed by atoms with E-state index in [4.69, 9.17) is 4.74 Å². The highest BCUT2D eigenvalue weighted by molar-refractivity contribution is 6.00. The van der Waals surface area contributed by atoms with Gasteiger partial charge in [-0.3, -0.25) is 4.98 Å². The third kappa shape index (κ3) is 5.33. The molecule has 3 aromatic carbocycles. The summed E-state index contributed by atoms with van der Waals surface area (Å²) >= 11 is 0. The van der Waals surface area contributed by atoms with Crippen LogP contribution in [0.1, 0.15) is 42.3 Å². The zero-order valence-corrected chi connectivity index (χ0v) is 18.8. The first-order valence-corrected chi connectivity index (χ1v) is 10.9. The molecule has 4 heteroatoms. The van der Waals surface area contributed by atoms with Gasteiger partial charge >= 0.3 is 5.97 Å². The summed E-state index contributed by atoms with van der Waals surface area (Å²) in [5.74, 6) is -0.337. The maximum absolute atomic E-state index is 13.0. The highest BCUT2D eigenvalue weighted by Crippen LogP contribution is 2.30. The molecule has 0 amide bonds. The number of aryl methyl sites for hydroxylation is 2. The van der Waals surface area contributed by atoms with Crippen molar-refractivity contribution < 1.29 is 9.53 Å². The molecule has 162 valence electrons. The lowest BCUT2D eigenvalue weighted by Crippen LogP contribution is -2.24. The number of benzene rings is 3. The van der Waals surface area contributed by atoms with Gasteiger partial charge in [0.25, 0.3) is 0 Å². The maximum atomic E-state index is 13.0. The number of carbonyl (C=O) groups is 1. The van der Waals surface area contributed by atoms with E-state index in [1.54, 1.807) is 6.20 Å². The van der Waals surface area contributed by atoms with Gasteiger partial charge in [0.15, 0.2) is 0 Å². The van der Waals surface area contributed by atoms with Crippen molar-refractivity contribution in [3.8, 4) is 0 Å². The Hall–Kier alpha value is -3.66. The van der Waals surface area contributed by atoms with Crippen LogP contribution in [0.15, 0.2) is 85.2 Å². The van der Waals surface area contributed by atoms with E-state index in [9.17, 15) is 4.79 Å². The molecule has 0 bridgehead atoms. The third-order valence-electron chi connectivity index (χ3n) is 5.20. The smallest absolute Gasteiger partial charge is 0.340 e. The predicted octanol–water partition coefficient (Wildman–Crippen LogP) is 6.72. The maximum Gasteiger partial charge on any atom is 0.340 e. The molecular weight excluding hydrogens is 396 g/mol. The van der Waals surface area contributed by atoms with Crippen LogP contribution in [0.2, 0.25) is 0 Å². The highest BCUT2D eigenvalue weighted by atomic mass is 16.6. The van der Waals surface area contributed by atoms with Gasteiger partial charge in [-0.2, -0.15) is 0 Å². The Bertz CT molecular complexity index is 1220. The number of nitrogens with one attached hydrogen (secondary N) is 1. The summed E-state index contributed by atoms with van der Waals surface area (Å²) < 4.78 is 5.67. The second kappa shape index (κ2) is 9.23. The van der Waals surface area contributed by atoms with Crippen LogP contribution in [0.4, 0.5) is 11.4 Å². The molecule has 1 heterocycles. The molecule has 4 nitrogen and oxygen atoms in total. The van der Waals surface area contributed by atoms with Crippen LogP contribution in [-0.4, -0.2) is 16.6 Å². The molecule has 4 rings (SSSR count). The van der Waals surface area contributed by atoms with Gasteiger partial charge in [0.05, 0.1) is 11.3 Å². The van der Waals surface area contributed by atoms with Crippen LogP contribution < -0.4 is 5.32 Å². The van der Waals surface area contributed by atoms with Crippen molar-refractivity contribution in [2.75, 3.05) is 5.32 Å². The zero-order valence-electron chi connectivity index (χ0n) is 18.8. The second-order valence-electron chi connectivity index (χ2n) is 8.89. The Labute approximate surface area is 189 Å². The minimum absolute atomic E-state index is 0.337. The minimum Gasteiger partial charge on any atom is -0.456 e. The number of pyridine rings is 1. The predicted molar refractivity (Wildman–Crippen MR) is 130 cm³/mol. The molecule has 1 N–H and O–H groups in total. The minimum atomic E-state index is -0.564. The van der Waals surface area contributed by atoms with E-state index in [2.05, 4.69) is 40.6 Å². The molecule has 0 aliphatic rings. The number of hydrogen-bond acceptors (Lipinski definition) is 4. The lowest BCUT2D eigenvalue weighted by atomic mass is 10.0. The first kappa shape index (κ1) is 21.6. The summed E-state index contributed by atoms with van der Waals surface area (Å²) in [6, 6.07) is 24.4. The summed E-state index contributed by atoms with van der Waals surface area (Å²) in [6.07, 6.45) is 5.43. The Morgan fingerprint density at radius 1 is 0.875 bits per heavy atom. The second-order valence-corrected chi connectivity index (χ2v) is 8.89. The molecule has 0 saturated carbocycles. The van der Waals surface area contributed by atoms with Gasteiger partial charge < -0.3 is 10.1 Å². The van der Waals surface area contributed by atoms with Crippen LogP contribution in [0, 0.1) is 0 Å². The molecule has 0 fully saturated rings. The van der Waals surface area contributed by atoms with Gasteiger partial charge in [-0.25, -0.2) is 4.79 Å². The molecule has 4 aromatic rings. The number of nitrogens with zero attached hydrogens (tertiary/aromatic N) is 1. The summed E-state index contributed by atoms with van der Waals surface area (Å²) in [4.78, 5) is 17.2. The third-order valence-corrected chi connectivity index (χ3v) is 5.20. The van der Waals surface area contributed by atoms with Gasteiger partial charge in [0.1, 0.15) is 5.60 Å². The SMILES string of the molecule is CC(C)(C)OC(=O)c1ccc(CCc2ccccc2)cc1Nc1cccc2cnccc12. The average molecular weight is 425 g/mol. The molecule has 0 unspecified atom stereocenters. The number of esters is 1. The Morgan fingerprint density at radius 2 is 1.66 bits per heavy atom. The molecule has 0 aliphatic heterocycles. The van der Waals surface area contributed by atoms with Gasteiger partial charge in [0.2, 0.25) is 0 Å². The average Bonchev–Trinajstić information content (AvgIpc) is 2.77. The fourth-order valence-electron chi connectivity index (χ4n) is 3.67. The van der Waals surface area contributed by atoms with E-state index in [1.807, 2.05) is 69.4 Å². The van der Waals surface area contributed by atoms with E-state index in [1.165, 1.54) is 5.56 Å². The molecular formula is C28H28N2O2. The molecule has 0 spiro atoms. The van der Waals surface area contributed by atoms with Crippen molar-refractivity contribution in [2.24, 2.45) is 0 Å². The van der Waals surface area contributed by atoms with E-state index < -0.39 is 5.60 Å². The largest absolute Gasteiger partial charge is 0.456 e. The van der Waals surface area contributed by atoms with Gasteiger partial charge in [-0.05, 0) is 69.0 Å². The van der Waals surface area contributed by atoms with Crippen LogP contribution in [-0.2, 0) is 17.6 Å². The van der Waals surface area contributed by atoms with Crippen LogP contribution >= 0.6 is 0 Å². The summed E-state index contributed by atoms with van der Waals surface area (Å²) in [7, 11) is 0. The van der Waals surface area contributed by atoms with Crippen LogP contribution in [0.5, 0.6) is 0 Å². The fourth-order valence-corrected chi connectivity index (χ4v) is 3.67. The molecule has 0 aliphatic carbocycles. The van der Waals surface area contributed by atoms with Crippen molar-refractivity contribution >= 4 is 28.1 Å². The Kier molecular flexibility index (Phi) is 6.22. The van der Waals surface area contributed by atoms with Gasteiger partial charge in [0, 0.05) is 28.9 Å². The Morgan fingerprint density at radius 3 is 2.44 bits per heavy atom. The van der Waals surface area contributed by atoms with E-state index in [-0.39, 0.29) is 5.97 Å². The van der Waals surface area contributed by atoms with Gasteiger partial charge in [-0.1, -0.05) is 48.5 Å². The number of anilines is 2. The number of carbonyl (C=O) groups excluding carboxylic acids is 1. The van der Waals surface area contributed by atoms with Crippen molar-refractivity contribution in [2.45, 2.75) is 39.2 Å². The topological polar surface area (TPSA) is 51.2 Å². The summed E-state index contributed by atoms with van der Waals surface area (Å²) in [6.45, 7) is 5.64. The number of hydrogen-bond donors (Lipinski definition) is 1. The lowest BCUT2D eigenvalue weighted by molar-refractivity contribution is 0.00707. The Balaban J connectivity index is 1.68. The lowest BCUT2D eigenvalue weighted by Gasteiger charge is -2.21. The van der Waals surface area contributed by atoms with Crippen molar-refractivity contribution in [1.29, 1.82) is 0 Å². The fraction of sp³-hybridized carbons (Fsp3) is 0.214. The molecule has 0 saturated heterocycles. The van der Waals surface area contributed by atoms with Crippen molar-refractivity contribution in [3.63, 3.8) is 0 Å². The highest BCUT2D eigenvalue weighted by Gasteiger charge is 2.21. The van der Waals surface area contributed by atoms with E-state index in [0.717, 1.165) is 40.6 Å². The van der Waals surface area contributed by atoms with E-state index in [0.29, 0.717) is 5.56 Å². The molecule has 32 heavy (non-hydrogen) atoms. The zero-order chi connectivity index (χ0) is 22.6. The molecule has 0 radical (unpaired) electrons. The quantitative estimate of drug-likeness (QED) is 0.349. The number of aromatic nitrogens is 1. The summed E-state index contributed by atoms with van der Waals surface area (Å²) in [5, 5.41) is 5.58. The van der Waals surface area contributed by atoms with Crippen molar-refractivity contribution in [1.82, 2.24) is 4.98 Å². The van der Waals surface area contributed by atoms with Crippen LogP contribution in [0.25, 0.3) is 10.8 Å². The monoisotopic (exact) mass is 424 g/mol. The molecule has 1 aromatic heterocycles. The van der Waals surface area contributed by atoms with Gasteiger partial charge in [-0.15, -0.1) is 0 Å².